The van der Waals surface area contributed by atoms with Gasteiger partial charge >= 0.3 is 0 Å². The van der Waals surface area contributed by atoms with E-state index < -0.39 is 10.0 Å². The molecule has 30 heavy (non-hydrogen) atoms. The van der Waals surface area contributed by atoms with E-state index in [0.29, 0.717) is 42.0 Å². The molecule has 0 amide bonds. The summed E-state index contributed by atoms with van der Waals surface area (Å²) in [4.78, 5) is 2.15. The first-order valence-electron chi connectivity index (χ1n) is 9.98. The van der Waals surface area contributed by atoms with Crippen molar-refractivity contribution in [1.29, 1.82) is 0 Å². The smallest absolute Gasteiger partial charge is 0.217 e. The monoisotopic (exact) mass is 471 g/mol. The molecule has 1 saturated heterocycles. The zero-order valence-electron chi connectivity index (χ0n) is 16.4. The Labute approximate surface area is 187 Å². The first-order valence-corrected chi connectivity index (χ1v) is 12.2. The van der Waals surface area contributed by atoms with Gasteiger partial charge in [0, 0.05) is 30.7 Å². The average Bonchev–Trinajstić information content (AvgIpc) is 3.59. The predicted octanol–water partition coefficient (Wildman–Crippen LogP) is 3.45. The van der Waals surface area contributed by atoms with E-state index in [1.165, 1.54) is 0 Å². The Bertz CT molecular complexity index is 997. The van der Waals surface area contributed by atoms with Crippen molar-refractivity contribution in [1.82, 2.24) is 4.31 Å². The zero-order chi connectivity index (χ0) is 21.3. The van der Waals surface area contributed by atoms with Crippen LogP contribution in [-0.4, -0.2) is 55.9 Å². The number of rotatable bonds is 7. The number of halogens is 2. The molecule has 2 aromatic carbocycles. The van der Waals surface area contributed by atoms with Crippen molar-refractivity contribution in [2.75, 3.05) is 37.7 Å². The van der Waals surface area contributed by atoms with E-state index in [1.807, 2.05) is 36.4 Å². The maximum Gasteiger partial charge on any atom is 0.217 e. The molecule has 1 aliphatic heterocycles. The first-order chi connectivity index (χ1) is 14.4. The largest absolute Gasteiger partial charge is 0.486 e. The third-order valence-electron chi connectivity index (χ3n) is 5.50. The predicted molar refractivity (Wildman–Crippen MR) is 120 cm³/mol. The molecular formula is C21H25Cl2N2O4S+. The quantitative estimate of drug-likeness (QED) is 0.579. The third-order valence-corrected chi connectivity index (χ3v) is 8.42. The number of ether oxygens (including phenoxy) is 1. The highest BCUT2D eigenvalue weighted by atomic mass is 35.5. The topological polar surface area (TPSA) is 72.8 Å². The highest BCUT2D eigenvalue weighted by Crippen LogP contribution is 2.39. The molecule has 1 aliphatic carbocycles. The number of nitrogens with zero attached hydrogens (tertiary/aromatic N) is 2. The van der Waals surface area contributed by atoms with Gasteiger partial charge in [-0.15, -0.1) is 0 Å². The summed E-state index contributed by atoms with van der Waals surface area (Å²) in [6.45, 7) is 1.81. The molecule has 2 N–H and O–H groups in total. The third kappa shape index (κ3) is 4.55. The average molecular weight is 472 g/mol. The van der Waals surface area contributed by atoms with Crippen molar-refractivity contribution in [2.45, 2.75) is 24.1 Å². The molecule has 4 rings (SSSR count). The Morgan fingerprint density at radius 1 is 1.07 bits per heavy atom. The van der Waals surface area contributed by atoms with Crippen molar-refractivity contribution in [3.8, 4) is 5.75 Å². The van der Waals surface area contributed by atoms with Gasteiger partial charge in [0.05, 0.1) is 22.0 Å². The van der Waals surface area contributed by atoms with Gasteiger partial charge < -0.3 is 14.7 Å². The molecule has 0 aromatic heterocycles. The lowest BCUT2D eigenvalue weighted by Gasteiger charge is -2.43. The first kappa shape index (κ1) is 21.7. The van der Waals surface area contributed by atoms with Gasteiger partial charge in [-0.1, -0.05) is 35.3 Å². The van der Waals surface area contributed by atoms with Crippen molar-refractivity contribution in [3.63, 3.8) is 0 Å². The number of hydrogen-bond acceptors (Lipinski definition) is 4. The lowest BCUT2D eigenvalue weighted by molar-refractivity contribution is 0.201. The minimum atomic E-state index is -3.26. The molecule has 1 heterocycles. The summed E-state index contributed by atoms with van der Waals surface area (Å²) in [7, 11) is -3.26. The molecule has 6 nitrogen and oxygen atoms in total. The molecule has 9 heteroatoms. The number of hydrogen-bond donors (Lipinski definition) is 0. The van der Waals surface area contributed by atoms with Crippen LogP contribution in [0, 0.1) is 0 Å². The molecule has 2 fully saturated rings. The van der Waals surface area contributed by atoms with Crippen LogP contribution < -0.4 is 9.64 Å². The molecular weight excluding hydrogens is 447 g/mol. The van der Waals surface area contributed by atoms with Crippen LogP contribution in [0.3, 0.4) is 0 Å². The summed E-state index contributed by atoms with van der Waals surface area (Å²) < 4.78 is 32.9. The summed E-state index contributed by atoms with van der Waals surface area (Å²) in [5.41, 5.74) is 1.82. The summed E-state index contributed by atoms with van der Waals surface area (Å²) >= 11 is 12.7. The van der Waals surface area contributed by atoms with Crippen molar-refractivity contribution >= 4 is 38.9 Å². The normalized spacial score (nSPS) is 20.4. The number of sulfonamides is 1. The van der Waals surface area contributed by atoms with Crippen molar-refractivity contribution in [2.24, 2.45) is 0 Å². The Kier molecular flexibility index (Phi) is 6.46. The number of piperazine rings is 1. The summed E-state index contributed by atoms with van der Waals surface area (Å²) in [6.07, 6.45) is 1.50. The second-order valence-electron chi connectivity index (χ2n) is 7.57. The SMILES string of the molecule is O=S(=O)(C1CC1)N1CCN(c2ccc(OCC[OH2+])cc2Cl)[C@H](c2ccc(Cl)cc2)C1. The minimum Gasteiger partial charge on any atom is -0.486 e. The molecule has 2 aliphatic rings. The van der Waals surface area contributed by atoms with Crippen LogP contribution in [0.25, 0.3) is 0 Å². The second-order valence-corrected chi connectivity index (χ2v) is 10.6. The molecule has 1 atom stereocenters. The Hall–Kier alpha value is -1.51. The van der Waals surface area contributed by atoms with E-state index >= 15 is 0 Å². The number of anilines is 1. The van der Waals surface area contributed by atoms with E-state index in [9.17, 15) is 8.42 Å². The molecule has 1 saturated carbocycles. The molecule has 0 bridgehead atoms. The Morgan fingerprint density at radius 2 is 1.80 bits per heavy atom. The summed E-state index contributed by atoms with van der Waals surface area (Å²) in [5.74, 6) is 0.619. The van der Waals surface area contributed by atoms with Gasteiger partial charge in [-0.05, 0) is 42.7 Å². The van der Waals surface area contributed by atoms with Gasteiger partial charge in [0.25, 0.3) is 0 Å². The van der Waals surface area contributed by atoms with Crippen LogP contribution in [0.2, 0.25) is 10.0 Å². The van der Waals surface area contributed by atoms with Gasteiger partial charge in [0.15, 0.2) is 13.2 Å². The lowest BCUT2D eigenvalue weighted by atomic mass is 10.0. The van der Waals surface area contributed by atoms with E-state index in [1.54, 1.807) is 10.4 Å². The van der Waals surface area contributed by atoms with E-state index in [0.717, 1.165) is 24.1 Å². The Morgan fingerprint density at radius 3 is 2.43 bits per heavy atom. The van der Waals surface area contributed by atoms with Crippen molar-refractivity contribution in [3.05, 3.63) is 58.1 Å². The van der Waals surface area contributed by atoms with Crippen molar-refractivity contribution < 1.29 is 18.3 Å². The highest BCUT2D eigenvalue weighted by Gasteiger charge is 2.43. The van der Waals surface area contributed by atoms with Crippen LogP contribution in [-0.2, 0) is 10.0 Å². The lowest BCUT2D eigenvalue weighted by Crippen LogP contribution is -2.51. The molecule has 0 radical (unpaired) electrons. The summed E-state index contributed by atoms with van der Waals surface area (Å²) in [5, 5.41) is 8.16. The maximum absolute atomic E-state index is 12.9. The van der Waals surface area contributed by atoms with Crippen LogP contribution in [0.4, 0.5) is 5.69 Å². The molecule has 2 aromatic rings. The van der Waals surface area contributed by atoms with E-state index in [4.69, 9.17) is 33.0 Å². The fourth-order valence-electron chi connectivity index (χ4n) is 3.80. The molecule has 162 valence electrons. The van der Waals surface area contributed by atoms with E-state index in [-0.39, 0.29) is 17.9 Å². The molecule has 0 unspecified atom stereocenters. The Balaban J connectivity index is 1.65. The van der Waals surface area contributed by atoms with Crippen LogP contribution in [0.15, 0.2) is 42.5 Å². The van der Waals surface area contributed by atoms with Gasteiger partial charge in [-0.2, -0.15) is 4.31 Å². The minimum absolute atomic E-state index is 0.176. The summed E-state index contributed by atoms with van der Waals surface area (Å²) in [6, 6.07) is 12.8. The van der Waals surface area contributed by atoms with Gasteiger partial charge in [-0.25, -0.2) is 8.42 Å². The standard InChI is InChI=1S/C21H24Cl2N2O4S/c22-16-3-1-15(2-4-16)21-14-24(30(27,28)18-6-7-18)9-10-25(21)20-8-5-17(13-19(20)23)29-12-11-26/h1-5,8,13,18,21,26H,6-7,9-12,14H2/p+1/t21-/m0/s1. The fourth-order valence-corrected chi connectivity index (χ4v) is 6.05. The number of benzene rings is 2. The van der Waals surface area contributed by atoms with Crippen LogP contribution >= 0.6 is 23.2 Å². The van der Waals surface area contributed by atoms with Gasteiger partial charge in [0.1, 0.15) is 5.75 Å². The maximum atomic E-state index is 12.9. The second kappa shape index (κ2) is 8.93. The van der Waals surface area contributed by atoms with Crippen LogP contribution in [0.5, 0.6) is 5.75 Å². The highest BCUT2D eigenvalue weighted by molar-refractivity contribution is 7.90. The van der Waals surface area contributed by atoms with Crippen LogP contribution in [0.1, 0.15) is 24.4 Å². The molecule has 0 spiro atoms. The van der Waals surface area contributed by atoms with E-state index in [2.05, 4.69) is 4.90 Å². The fraction of sp³-hybridized carbons (Fsp3) is 0.429. The van der Waals surface area contributed by atoms with Gasteiger partial charge in [-0.3, -0.25) is 0 Å². The zero-order valence-corrected chi connectivity index (χ0v) is 18.8. The van der Waals surface area contributed by atoms with Gasteiger partial charge in [0.2, 0.25) is 10.0 Å².